The standard InChI is InChI=1S/C9H6N2/c1-10-7-8-5-3-4-6-9(8)11-2/h3-6H,7H2. The highest BCUT2D eigenvalue weighted by atomic mass is 14.7. The maximum Gasteiger partial charge on any atom is 0.230 e. The summed E-state index contributed by atoms with van der Waals surface area (Å²) in [4.78, 5) is 6.52. The van der Waals surface area contributed by atoms with E-state index in [0.717, 1.165) is 5.56 Å². The van der Waals surface area contributed by atoms with Crippen LogP contribution in [0.5, 0.6) is 0 Å². The molecule has 0 spiro atoms. The average molecular weight is 142 g/mol. The van der Waals surface area contributed by atoms with Crippen LogP contribution in [-0.2, 0) is 6.54 Å². The summed E-state index contributed by atoms with van der Waals surface area (Å²) in [6.07, 6.45) is 0. The van der Waals surface area contributed by atoms with E-state index in [-0.39, 0.29) is 0 Å². The van der Waals surface area contributed by atoms with E-state index in [2.05, 4.69) is 9.69 Å². The van der Waals surface area contributed by atoms with Gasteiger partial charge in [0, 0.05) is 5.56 Å². The van der Waals surface area contributed by atoms with Crippen LogP contribution >= 0.6 is 0 Å². The van der Waals surface area contributed by atoms with Gasteiger partial charge in [-0.3, -0.25) is 0 Å². The smallest absolute Gasteiger partial charge is 0.230 e. The lowest BCUT2D eigenvalue weighted by Gasteiger charge is -1.92. The van der Waals surface area contributed by atoms with Crippen LogP contribution in [0.2, 0.25) is 0 Å². The fraction of sp³-hybridized carbons (Fsp3) is 0.111. The number of hydrogen-bond donors (Lipinski definition) is 0. The van der Waals surface area contributed by atoms with E-state index in [0.29, 0.717) is 12.2 Å². The molecule has 52 valence electrons. The van der Waals surface area contributed by atoms with Crippen LogP contribution in [-0.4, -0.2) is 0 Å². The van der Waals surface area contributed by atoms with E-state index >= 15 is 0 Å². The van der Waals surface area contributed by atoms with Crippen LogP contribution in [0, 0.1) is 13.1 Å². The molecule has 0 bridgehead atoms. The van der Waals surface area contributed by atoms with Gasteiger partial charge in [-0.25, -0.2) is 11.4 Å². The van der Waals surface area contributed by atoms with Crippen molar-refractivity contribution in [3.05, 3.63) is 52.7 Å². The molecule has 1 rings (SSSR count). The molecule has 0 unspecified atom stereocenters. The van der Waals surface area contributed by atoms with Crippen molar-refractivity contribution in [1.82, 2.24) is 0 Å². The highest BCUT2D eigenvalue weighted by Gasteiger charge is 2.00. The van der Waals surface area contributed by atoms with Gasteiger partial charge in [-0.2, -0.15) is 0 Å². The minimum absolute atomic E-state index is 0.304. The molecular formula is C9H6N2. The molecule has 11 heavy (non-hydrogen) atoms. The predicted octanol–water partition coefficient (Wildman–Crippen LogP) is 2.66. The van der Waals surface area contributed by atoms with Crippen LogP contribution in [0.4, 0.5) is 5.69 Å². The van der Waals surface area contributed by atoms with Gasteiger partial charge in [0.25, 0.3) is 0 Å². The maximum absolute atomic E-state index is 6.79. The molecule has 0 amide bonds. The molecule has 0 radical (unpaired) electrons. The van der Waals surface area contributed by atoms with Gasteiger partial charge in [-0.05, 0) is 0 Å². The first kappa shape index (κ1) is 7.31. The van der Waals surface area contributed by atoms with Crippen molar-refractivity contribution in [2.24, 2.45) is 0 Å². The lowest BCUT2D eigenvalue weighted by molar-refractivity contribution is 1.28. The summed E-state index contributed by atoms with van der Waals surface area (Å²) in [6.45, 7) is 13.7. The normalized spacial score (nSPS) is 8.18. The highest BCUT2D eigenvalue weighted by Crippen LogP contribution is 2.18. The van der Waals surface area contributed by atoms with Gasteiger partial charge < -0.3 is 4.85 Å². The Balaban J connectivity index is 3.07. The predicted molar refractivity (Wildman–Crippen MR) is 43.0 cm³/mol. The second-order valence-corrected chi connectivity index (χ2v) is 2.06. The van der Waals surface area contributed by atoms with Crippen LogP contribution in [0.1, 0.15) is 5.56 Å². The Labute approximate surface area is 65.7 Å². The minimum Gasteiger partial charge on any atom is -0.313 e. The van der Waals surface area contributed by atoms with Gasteiger partial charge in [0.05, 0.1) is 6.57 Å². The molecule has 0 heterocycles. The Hall–Kier alpha value is -1.80. The van der Waals surface area contributed by atoms with E-state index in [1.165, 1.54) is 0 Å². The van der Waals surface area contributed by atoms with Crippen LogP contribution in [0.25, 0.3) is 9.69 Å². The number of hydrogen-bond acceptors (Lipinski definition) is 0. The molecular weight excluding hydrogens is 136 g/mol. The Morgan fingerprint density at radius 3 is 2.55 bits per heavy atom. The van der Waals surface area contributed by atoms with Gasteiger partial charge in [0.15, 0.2) is 5.69 Å². The molecule has 0 atom stereocenters. The summed E-state index contributed by atoms with van der Waals surface area (Å²) >= 11 is 0. The quantitative estimate of drug-likeness (QED) is 0.533. The molecule has 0 saturated carbocycles. The topological polar surface area (TPSA) is 8.72 Å². The third kappa shape index (κ3) is 1.56. The highest BCUT2D eigenvalue weighted by molar-refractivity contribution is 5.52. The first-order chi connectivity index (χ1) is 5.38. The fourth-order valence-electron chi connectivity index (χ4n) is 0.839. The number of para-hydroxylation sites is 1. The summed E-state index contributed by atoms with van der Waals surface area (Å²) < 4.78 is 0. The summed E-state index contributed by atoms with van der Waals surface area (Å²) in [5, 5.41) is 0. The largest absolute Gasteiger partial charge is 0.313 e. The van der Waals surface area contributed by atoms with Crippen molar-refractivity contribution in [2.45, 2.75) is 6.54 Å². The Morgan fingerprint density at radius 2 is 1.91 bits per heavy atom. The second kappa shape index (κ2) is 3.39. The third-order valence-corrected chi connectivity index (χ3v) is 1.36. The van der Waals surface area contributed by atoms with Gasteiger partial charge >= 0.3 is 0 Å². The minimum atomic E-state index is 0.304. The van der Waals surface area contributed by atoms with E-state index in [1.807, 2.05) is 12.1 Å². The van der Waals surface area contributed by atoms with E-state index < -0.39 is 0 Å². The Kier molecular flexibility index (Phi) is 2.25. The molecule has 0 aliphatic carbocycles. The Bertz CT molecular complexity index is 328. The van der Waals surface area contributed by atoms with Gasteiger partial charge in [0.2, 0.25) is 6.54 Å². The van der Waals surface area contributed by atoms with Crippen molar-refractivity contribution in [2.75, 3.05) is 0 Å². The monoisotopic (exact) mass is 142 g/mol. The van der Waals surface area contributed by atoms with E-state index in [4.69, 9.17) is 13.1 Å². The summed E-state index contributed by atoms with van der Waals surface area (Å²) in [5.74, 6) is 0. The van der Waals surface area contributed by atoms with Crippen LogP contribution in [0.3, 0.4) is 0 Å². The molecule has 1 aromatic carbocycles. The van der Waals surface area contributed by atoms with Crippen molar-refractivity contribution in [3.8, 4) is 0 Å². The van der Waals surface area contributed by atoms with Crippen molar-refractivity contribution >= 4 is 5.69 Å². The zero-order valence-corrected chi connectivity index (χ0v) is 5.91. The molecule has 2 heteroatoms. The zero-order valence-electron chi connectivity index (χ0n) is 5.91. The maximum atomic E-state index is 6.79. The molecule has 0 N–H and O–H groups in total. The zero-order chi connectivity index (χ0) is 8.10. The lowest BCUT2D eigenvalue weighted by atomic mass is 10.2. The SMILES string of the molecule is [C-]#[N+]Cc1ccccc1[N+]#[C-]. The fourth-order valence-corrected chi connectivity index (χ4v) is 0.839. The van der Waals surface area contributed by atoms with E-state index in [1.54, 1.807) is 12.1 Å². The Morgan fingerprint density at radius 1 is 1.18 bits per heavy atom. The first-order valence-corrected chi connectivity index (χ1v) is 3.17. The molecule has 0 aromatic heterocycles. The molecule has 0 aliphatic rings. The van der Waals surface area contributed by atoms with Crippen LogP contribution < -0.4 is 0 Å². The first-order valence-electron chi connectivity index (χ1n) is 3.17. The second-order valence-electron chi connectivity index (χ2n) is 2.06. The van der Waals surface area contributed by atoms with Crippen molar-refractivity contribution in [1.29, 1.82) is 0 Å². The van der Waals surface area contributed by atoms with Crippen molar-refractivity contribution < 1.29 is 0 Å². The number of nitrogens with zero attached hydrogens (tertiary/aromatic N) is 2. The molecule has 1 aromatic rings. The summed E-state index contributed by atoms with van der Waals surface area (Å²) in [6, 6.07) is 7.19. The molecule has 2 nitrogen and oxygen atoms in total. The van der Waals surface area contributed by atoms with Gasteiger partial charge in [-0.1, -0.05) is 24.3 Å². The summed E-state index contributed by atoms with van der Waals surface area (Å²) in [5.41, 5.74) is 1.40. The summed E-state index contributed by atoms with van der Waals surface area (Å²) in [7, 11) is 0. The molecule has 0 saturated heterocycles. The van der Waals surface area contributed by atoms with Crippen molar-refractivity contribution in [3.63, 3.8) is 0 Å². The number of benzene rings is 1. The van der Waals surface area contributed by atoms with Gasteiger partial charge in [0.1, 0.15) is 0 Å². The average Bonchev–Trinajstić information content (AvgIpc) is 2.06. The molecule has 0 aliphatic heterocycles. The number of rotatable bonds is 1. The van der Waals surface area contributed by atoms with Gasteiger partial charge in [-0.15, -0.1) is 0 Å². The molecule has 0 fully saturated rings. The van der Waals surface area contributed by atoms with Crippen LogP contribution in [0.15, 0.2) is 24.3 Å². The van der Waals surface area contributed by atoms with E-state index in [9.17, 15) is 0 Å². The lowest BCUT2D eigenvalue weighted by Crippen LogP contribution is -1.77. The third-order valence-electron chi connectivity index (χ3n) is 1.36.